The standard InChI is InChI=1S/C12H27NO3S/c1-12(2,3)8-6-9-13(4,5)10-7-11-17(14,15)16/h6-11H2,1-5H3. The van der Waals surface area contributed by atoms with Crippen LogP contribution in [0.2, 0.25) is 0 Å². The zero-order valence-corrected chi connectivity index (χ0v) is 12.6. The molecule has 0 aliphatic rings. The van der Waals surface area contributed by atoms with Gasteiger partial charge in [0.1, 0.15) is 0 Å². The van der Waals surface area contributed by atoms with Gasteiger partial charge in [0, 0.05) is 12.2 Å². The highest BCUT2D eigenvalue weighted by atomic mass is 32.2. The molecule has 0 aliphatic carbocycles. The maximum atomic E-state index is 10.5. The molecule has 0 atom stereocenters. The van der Waals surface area contributed by atoms with Crippen molar-refractivity contribution in [1.82, 2.24) is 0 Å². The van der Waals surface area contributed by atoms with Gasteiger partial charge in [-0.2, -0.15) is 0 Å². The third-order valence-corrected chi connectivity index (χ3v) is 3.64. The van der Waals surface area contributed by atoms with Gasteiger partial charge in [0.25, 0.3) is 0 Å². The van der Waals surface area contributed by atoms with Crippen molar-refractivity contribution in [1.29, 1.82) is 0 Å². The fraction of sp³-hybridized carbons (Fsp3) is 1.00. The molecular formula is C12H27NO3S. The highest BCUT2D eigenvalue weighted by Gasteiger charge is 2.17. The maximum Gasteiger partial charge on any atom is 0.0948 e. The van der Waals surface area contributed by atoms with E-state index in [1.54, 1.807) is 0 Å². The molecule has 17 heavy (non-hydrogen) atoms. The summed E-state index contributed by atoms with van der Waals surface area (Å²) in [6, 6.07) is 0. The molecule has 0 saturated heterocycles. The molecule has 0 aromatic carbocycles. The van der Waals surface area contributed by atoms with Gasteiger partial charge in [0.05, 0.1) is 37.3 Å². The van der Waals surface area contributed by atoms with Crippen molar-refractivity contribution in [3.8, 4) is 0 Å². The fourth-order valence-corrected chi connectivity index (χ4v) is 2.30. The molecule has 0 N–H and O–H groups in total. The molecule has 0 fully saturated rings. The monoisotopic (exact) mass is 265 g/mol. The number of nitrogens with zero attached hydrogens (tertiary/aromatic N) is 1. The van der Waals surface area contributed by atoms with Crippen LogP contribution in [0.4, 0.5) is 0 Å². The van der Waals surface area contributed by atoms with E-state index in [2.05, 4.69) is 34.9 Å². The Hall–Kier alpha value is -0.130. The molecule has 0 amide bonds. The lowest BCUT2D eigenvalue weighted by molar-refractivity contribution is -0.890. The van der Waals surface area contributed by atoms with Crippen molar-refractivity contribution in [2.45, 2.75) is 40.0 Å². The molecule has 0 radical (unpaired) electrons. The number of hydrogen-bond donors (Lipinski definition) is 0. The van der Waals surface area contributed by atoms with E-state index < -0.39 is 10.1 Å². The Morgan fingerprint density at radius 3 is 1.94 bits per heavy atom. The van der Waals surface area contributed by atoms with Gasteiger partial charge in [-0.1, -0.05) is 20.8 Å². The molecule has 0 aromatic rings. The van der Waals surface area contributed by atoms with E-state index in [-0.39, 0.29) is 5.75 Å². The first-order valence-corrected chi connectivity index (χ1v) is 7.75. The fourth-order valence-electron chi connectivity index (χ4n) is 1.82. The van der Waals surface area contributed by atoms with Gasteiger partial charge in [-0.05, 0) is 18.3 Å². The first-order chi connectivity index (χ1) is 7.41. The van der Waals surface area contributed by atoms with Gasteiger partial charge in [-0.15, -0.1) is 0 Å². The zero-order chi connectivity index (χ0) is 13.7. The molecule has 0 bridgehead atoms. The normalized spacial score (nSPS) is 14.0. The van der Waals surface area contributed by atoms with Crippen molar-refractivity contribution >= 4 is 10.1 Å². The molecule has 0 spiro atoms. The highest BCUT2D eigenvalue weighted by Crippen LogP contribution is 2.21. The summed E-state index contributed by atoms with van der Waals surface area (Å²) in [5.74, 6) is -0.242. The molecule has 4 nitrogen and oxygen atoms in total. The SMILES string of the molecule is CC(C)(C)CCC[N+](C)(C)CCCS(=O)(=O)[O-]. The maximum absolute atomic E-state index is 10.5. The molecule has 0 heterocycles. The molecule has 0 unspecified atom stereocenters. The lowest BCUT2D eigenvalue weighted by Gasteiger charge is -2.31. The van der Waals surface area contributed by atoms with Crippen LogP contribution in [0.5, 0.6) is 0 Å². The Balaban J connectivity index is 3.88. The van der Waals surface area contributed by atoms with Crippen LogP contribution >= 0.6 is 0 Å². The number of hydrogen-bond acceptors (Lipinski definition) is 3. The highest BCUT2D eigenvalue weighted by molar-refractivity contribution is 7.85. The average molecular weight is 265 g/mol. The molecular weight excluding hydrogens is 238 g/mol. The summed E-state index contributed by atoms with van der Waals surface area (Å²) in [6.45, 7) is 8.42. The van der Waals surface area contributed by atoms with Gasteiger partial charge in [0.2, 0.25) is 0 Å². The summed E-state index contributed by atoms with van der Waals surface area (Å²) in [5.41, 5.74) is 0.346. The summed E-state index contributed by atoms with van der Waals surface area (Å²) >= 11 is 0. The van der Waals surface area contributed by atoms with Crippen molar-refractivity contribution in [3.05, 3.63) is 0 Å². The first kappa shape index (κ1) is 16.9. The Kier molecular flexibility index (Phi) is 6.11. The molecule has 0 aliphatic heterocycles. The molecule has 0 aromatic heterocycles. The van der Waals surface area contributed by atoms with Gasteiger partial charge in [-0.3, -0.25) is 0 Å². The minimum atomic E-state index is -4.05. The van der Waals surface area contributed by atoms with Crippen molar-refractivity contribution in [2.75, 3.05) is 32.9 Å². The minimum absolute atomic E-state index is 0.242. The second-order valence-corrected chi connectivity index (χ2v) is 8.19. The molecule has 5 heteroatoms. The van der Waals surface area contributed by atoms with Crippen LogP contribution in [0, 0.1) is 5.41 Å². The van der Waals surface area contributed by atoms with Crippen LogP contribution in [0.15, 0.2) is 0 Å². The third kappa shape index (κ3) is 12.1. The van der Waals surface area contributed by atoms with Crippen LogP contribution in [0.25, 0.3) is 0 Å². The second kappa shape index (κ2) is 6.16. The Labute approximate surface area is 106 Å². The van der Waals surface area contributed by atoms with Crippen LogP contribution in [0.3, 0.4) is 0 Å². The van der Waals surface area contributed by atoms with E-state index >= 15 is 0 Å². The molecule has 104 valence electrons. The van der Waals surface area contributed by atoms with Gasteiger partial charge in [0.15, 0.2) is 0 Å². The van der Waals surface area contributed by atoms with Crippen molar-refractivity contribution in [3.63, 3.8) is 0 Å². The Morgan fingerprint density at radius 1 is 1.06 bits per heavy atom. The topological polar surface area (TPSA) is 57.2 Å². The van der Waals surface area contributed by atoms with Crippen LogP contribution in [-0.4, -0.2) is 50.4 Å². The lowest BCUT2D eigenvalue weighted by Crippen LogP contribution is -2.42. The van der Waals surface area contributed by atoms with Crippen molar-refractivity contribution in [2.24, 2.45) is 5.41 Å². The number of quaternary nitrogens is 1. The summed E-state index contributed by atoms with van der Waals surface area (Å²) < 4.78 is 32.3. The summed E-state index contributed by atoms with van der Waals surface area (Å²) in [4.78, 5) is 0. The lowest BCUT2D eigenvalue weighted by atomic mass is 9.90. The van der Waals surface area contributed by atoms with Crippen molar-refractivity contribution < 1.29 is 17.5 Å². The van der Waals surface area contributed by atoms with E-state index in [1.165, 1.54) is 0 Å². The average Bonchev–Trinajstić information content (AvgIpc) is 1.96. The Bertz CT molecular complexity index is 315. The quantitative estimate of drug-likeness (QED) is 0.521. The zero-order valence-electron chi connectivity index (χ0n) is 11.8. The minimum Gasteiger partial charge on any atom is -0.748 e. The second-order valence-electron chi connectivity index (χ2n) is 6.66. The summed E-state index contributed by atoms with van der Waals surface area (Å²) in [6.07, 6.45) is 2.74. The van der Waals surface area contributed by atoms with E-state index in [4.69, 9.17) is 0 Å². The summed E-state index contributed by atoms with van der Waals surface area (Å²) in [5, 5.41) is 0. The van der Waals surface area contributed by atoms with Gasteiger partial charge < -0.3 is 9.04 Å². The predicted molar refractivity (Wildman–Crippen MR) is 69.7 cm³/mol. The van der Waals surface area contributed by atoms with Crippen LogP contribution in [-0.2, 0) is 10.1 Å². The number of rotatable bonds is 7. The van der Waals surface area contributed by atoms with E-state index in [0.29, 0.717) is 11.8 Å². The van der Waals surface area contributed by atoms with Crippen LogP contribution in [0.1, 0.15) is 40.0 Å². The van der Waals surface area contributed by atoms with Gasteiger partial charge in [-0.25, -0.2) is 8.42 Å². The molecule has 0 rings (SSSR count). The van der Waals surface area contributed by atoms with E-state index in [9.17, 15) is 13.0 Å². The largest absolute Gasteiger partial charge is 0.748 e. The van der Waals surface area contributed by atoms with E-state index in [0.717, 1.165) is 30.4 Å². The first-order valence-electron chi connectivity index (χ1n) is 6.17. The van der Waals surface area contributed by atoms with Crippen LogP contribution < -0.4 is 0 Å². The van der Waals surface area contributed by atoms with Gasteiger partial charge >= 0.3 is 0 Å². The predicted octanol–water partition coefficient (Wildman–Crippen LogP) is 1.82. The third-order valence-electron chi connectivity index (χ3n) is 2.85. The Morgan fingerprint density at radius 2 is 1.53 bits per heavy atom. The summed E-state index contributed by atoms with van der Waals surface area (Å²) in [7, 11) is 0.117. The smallest absolute Gasteiger partial charge is 0.0948 e. The van der Waals surface area contributed by atoms with E-state index in [1.807, 2.05) is 0 Å². The molecule has 0 saturated carbocycles.